The SMILES string of the molecule is O=C1COc2c(CCNCCN(C(=O)CCNCCc3cc(F)ccc3F)C3CCCCC3)ccc(O)c2N1. The zero-order chi connectivity index (χ0) is 27.6. The highest BCUT2D eigenvalue weighted by Gasteiger charge is 2.25. The second kappa shape index (κ2) is 14.2. The molecule has 2 aromatic rings. The van der Waals surface area contributed by atoms with E-state index in [-0.39, 0.29) is 30.2 Å². The second-order valence-corrected chi connectivity index (χ2v) is 10.1. The van der Waals surface area contributed by atoms with E-state index in [1.165, 1.54) is 12.5 Å². The van der Waals surface area contributed by atoms with Crippen LogP contribution in [-0.2, 0) is 22.4 Å². The minimum atomic E-state index is -0.456. The molecule has 4 rings (SSSR count). The molecule has 8 nitrogen and oxygen atoms in total. The fourth-order valence-electron chi connectivity index (χ4n) is 5.28. The van der Waals surface area contributed by atoms with E-state index in [9.17, 15) is 23.5 Å². The number of carbonyl (C=O) groups is 2. The van der Waals surface area contributed by atoms with Gasteiger partial charge in [0.25, 0.3) is 5.91 Å². The van der Waals surface area contributed by atoms with Gasteiger partial charge in [0.15, 0.2) is 12.4 Å². The van der Waals surface area contributed by atoms with Crippen LogP contribution in [0.3, 0.4) is 0 Å². The zero-order valence-corrected chi connectivity index (χ0v) is 22.2. The molecule has 2 aromatic carbocycles. The van der Waals surface area contributed by atoms with Crippen molar-refractivity contribution in [3.8, 4) is 11.5 Å². The number of benzene rings is 2. The zero-order valence-electron chi connectivity index (χ0n) is 22.2. The fraction of sp³-hybridized carbons (Fsp3) is 0.517. The smallest absolute Gasteiger partial charge is 0.262 e. The molecule has 0 radical (unpaired) electrons. The molecule has 0 saturated heterocycles. The lowest BCUT2D eigenvalue weighted by Crippen LogP contribution is -2.45. The summed E-state index contributed by atoms with van der Waals surface area (Å²) in [6.07, 6.45) is 6.84. The molecule has 2 aliphatic rings. The van der Waals surface area contributed by atoms with E-state index in [4.69, 9.17) is 4.74 Å². The summed E-state index contributed by atoms with van der Waals surface area (Å²) in [7, 11) is 0. The van der Waals surface area contributed by atoms with Gasteiger partial charge in [-0.25, -0.2) is 8.78 Å². The summed E-state index contributed by atoms with van der Waals surface area (Å²) >= 11 is 0. The first-order valence-corrected chi connectivity index (χ1v) is 13.8. The average Bonchev–Trinajstić information content (AvgIpc) is 2.94. The first-order chi connectivity index (χ1) is 18.9. The van der Waals surface area contributed by atoms with Crippen molar-refractivity contribution in [2.75, 3.05) is 44.6 Å². The molecule has 10 heteroatoms. The Morgan fingerprint density at radius 3 is 2.54 bits per heavy atom. The van der Waals surface area contributed by atoms with Crippen LogP contribution in [0.25, 0.3) is 0 Å². The van der Waals surface area contributed by atoms with Crippen molar-refractivity contribution in [3.63, 3.8) is 0 Å². The van der Waals surface area contributed by atoms with Crippen LogP contribution in [0, 0.1) is 11.6 Å². The van der Waals surface area contributed by atoms with Crippen LogP contribution < -0.4 is 20.7 Å². The van der Waals surface area contributed by atoms with Gasteiger partial charge in [-0.3, -0.25) is 9.59 Å². The molecule has 0 unspecified atom stereocenters. The number of nitrogens with one attached hydrogen (secondary N) is 3. The molecule has 4 N–H and O–H groups in total. The van der Waals surface area contributed by atoms with E-state index >= 15 is 0 Å². The molecule has 212 valence electrons. The van der Waals surface area contributed by atoms with Crippen molar-refractivity contribution >= 4 is 17.5 Å². The number of carbonyl (C=O) groups excluding carboxylic acids is 2. The Bertz CT molecular complexity index is 1140. The topological polar surface area (TPSA) is 103 Å². The van der Waals surface area contributed by atoms with E-state index in [2.05, 4.69) is 16.0 Å². The Balaban J connectivity index is 1.22. The summed E-state index contributed by atoms with van der Waals surface area (Å²) in [5, 5.41) is 19.3. The van der Waals surface area contributed by atoms with E-state index in [1.807, 2.05) is 4.90 Å². The van der Waals surface area contributed by atoms with E-state index < -0.39 is 11.6 Å². The summed E-state index contributed by atoms with van der Waals surface area (Å²) in [6, 6.07) is 7.04. The molecule has 0 atom stereocenters. The molecule has 39 heavy (non-hydrogen) atoms. The number of fused-ring (bicyclic) bond motifs is 1. The third-order valence-corrected chi connectivity index (χ3v) is 7.36. The number of hydrogen-bond donors (Lipinski definition) is 4. The van der Waals surface area contributed by atoms with E-state index in [1.54, 1.807) is 12.1 Å². The molecule has 1 saturated carbocycles. The molecule has 1 aliphatic carbocycles. The van der Waals surface area contributed by atoms with Gasteiger partial charge in [-0.2, -0.15) is 0 Å². The highest BCUT2D eigenvalue weighted by Crippen LogP contribution is 2.39. The van der Waals surface area contributed by atoms with Crippen molar-refractivity contribution in [3.05, 3.63) is 53.1 Å². The van der Waals surface area contributed by atoms with Crippen molar-refractivity contribution in [1.29, 1.82) is 0 Å². The number of ether oxygens (including phenoxy) is 1. The van der Waals surface area contributed by atoms with Crippen LogP contribution in [0.1, 0.15) is 49.7 Å². The van der Waals surface area contributed by atoms with Crippen molar-refractivity contribution in [2.45, 2.75) is 57.4 Å². The number of hydrogen-bond acceptors (Lipinski definition) is 6. The van der Waals surface area contributed by atoms with Gasteiger partial charge in [-0.05, 0) is 74.2 Å². The molecule has 0 bridgehead atoms. The van der Waals surface area contributed by atoms with Crippen molar-refractivity contribution < 1.29 is 28.2 Å². The van der Waals surface area contributed by atoms with E-state index in [0.717, 1.165) is 43.4 Å². The van der Waals surface area contributed by atoms with Crippen LogP contribution in [0.15, 0.2) is 30.3 Å². The lowest BCUT2D eigenvalue weighted by molar-refractivity contribution is -0.134. The highest BCUT2D eigenvalue weighted by molar-refractivity contribution is 5.97. The summed E-state index contributed by atoms with van der Waals surface area (Å²) in [4.78, 5) is 26.8. The Kier molecular flexibility index (Phi) is 10.5. The number of halogens is 2. The van der Waals surface area contributed by atoms with Gasteiger partial charge >= 0.3 is 0 Å². The first-order valence-electron chi connectivity index (χ1n) is 13.8. The van der Waals surface area contributed by atoms with Gasteiger partial charge in [-0.15, -0.1) is 0 Å². The summed E-state index contributed by atoms with van der Waals surface area (Å²) in [6.45, 7) is 2.78. The number of phenolic OH excluding ortho intramolecular Hbond substituents is 1. The molecular weight excluding hydrogens is 506 g/mol. The Morgan fingerprint density at radius 1 is 1.00 bits per heavy atom. The van der Waals surface area contributed by atoms with Crippen LogP contribution in [-0.4, -0.2) is 67.2 Å². The van der Waals surface area contributed by atoms with Crippen LogP contribution in [0.5, 0.6) is 11.5 Å². The van der Waals surface area contributed by atoms with Gasteiger partial charge < -0.3 is 30.7 Å². The third kappa shape index (κ3) is 8.12. The van der Waals surface area contributed by atoms with Crippen LogP contribution >= 0.6 is 0 Å². The van der Waals surface area contributed by atoms with Gasteiger partial charge in [0, 0.05) is 32.1 Å². The maximum atomic E-state index is 13.8. The number of aromatic hydroxyl groups is 1. The normalized spacial score (nSPS) is 15.4. The van der Waals surface area contributed by atoms with Crippen molar-refractivity contribution in [1.82, 2.24) is 15.5 Å². The van der Waals surface area contributed by atoms with Gasteiger partial charge in [-0.1, -0.05) is 25.3 Å². The molecule has 1 heterocycles. The Hall–Kier alpha value is -3.24. The highest BCUT2D eigenvalue weighted by atomic mass is 19.1. The van der Waals surface area contributed by atoms with Crippen molar-refractivity contribution in [2.24, 2.45) is 0 Å². The molecule has 0 spiro atoms. The molecule has 2 amide bonds. The number of anilines is 1. The summed E-state index contributed by atoms with van der Waals surface area (Å²) < 4.78 is 32.7. The molecule has 1 fully saturated rings. The number of nitrogens with zero attached hydrogens (tertiary/aromatic N) is 1. The maximum absolute atomic E-state index is 13.8. The minimum Gasteiger partial charge on any atom is -0.506 e. The van der Waals surface area contributed by atoms with Crippen LogP contribution in [0.4, 0.5) is 14.5 Å². The van der Waals surface area contributed by atoms with Gasteiger partial charge in [0.2, 0.25) is 5.91 Å². The van der Waals surface area contributed by atoms with Crippen LogP contribution in [0.2, 0.25) is 0 Å². The van der Waals surface area contributed by atoms with E-state index in [0.29, 0.717) is 69.0 Å². The largest absolute Gasteiger partial charge is 0.506 e. The standard InChI is InChI=1S/C29H38F2N4O4/c30-22-7-8-24(31)21(18-22)11-14-32-15-12-27(38)35(23-4-2-1-3-5-23)17-16-33-13-10-20-6-9-25(36)28-29(20)39-19-26(37)34-28/h6-9,18,23,32-33,36H,1-5,10-17,19H2,(H,34,37). The predicted octanol–water partition coefficient (Wildman–Crippen LogP) is 3.52. The number of phenols is 1. The number of rotatable bonds is 13. The fourth-order valence-corrected chi connectivity index (χ4v) is 5.28. The third-order valence-electron chi connectivity index (χ3n) is 7.36. The first kappa shape index (κ1) is 28.8. The maximum Gasteiger partial charge on any atom is 0.262 e. The van der Waals surface area contributed by atoms with Gasteiger partial charge in [0.05, 0.1) is 0 Å². The second-order valence-electron chi connectivity index (χ2n) is 10.1. The summed E-state index contributed by atoms with van der Waals surface area (Å²) in [5.74, 6) is -0.589. The monoisotopic (exact) mass is 544 g/mol. The number of amides is 2. The summed E-state index contributed by atoms with van der Waals surface area (Å²) in [5.41, 5.74) is 1.53. The van der Waals surface area contributed by atoms with Gasteiger partial charge in [0.1, 0.15) is 23.1 Å². The lowest BCUT2D eigenvalue weighted by Gasteiger charge is -2.34. The average molecular weight is 545 g/mol. The quantitative estimate of drug-likeness (QED) is 0.227. The predicted molar refractivity (Wildman–Crippen MR) is 145 cm³/mol. The molecular formula is C29H38F2N4O4. The lowest BCUT2D eigenvalue weighted by atomic mass is 9.94. The Morgan fingerprint density at radius 2 is 1.74 bits per heavy atom. The minimum absolute atomic E-state index is 0.0213. The molecule has 1 aliphatic heterocycles. The molecule has 0 aromatic heterocycles. The Labute approximate surface area is 228 Å².